The predicted molar refractivity (Wildman–Crippen MR) is 115 cm³/mol. The maximum atomic E-state index is 12.5. The molecule has 0 fully saturated rings. The summed E-state index contributed by atoms with van der Waals surface area (Å²) in [6.45, 7) is 2.60. The summed E-state index contributed by atoms with van der Waals surface area (Å²) in [5.41, 5.74) is 1.87. The second-order valence-corrected chi connectivity index (χ2v) is 9.14. The summed E-state index contributed by atoms with van der Waals surface area (Å²) in [6.07, 6.45) is 1.47. The fraction of sp³-hybridized carbons (Fsp3) is 0.450. The minimum atomic E-state index is -0.0898. The molecule has 1 aliphatic heterocycles. The summed E-state index contributed by atoms with van der Waals surface area (Å²) >= 11 is 2.87. The Hall–Kier alpha value is -2.13. The molecule has 1 aliphatic rings. The van der Waals surface area contributed by atoms with E-state index < -0.39 is 0 Å². The Bertz CT molecular complexity index is 961. The largest absolute Gasteiger partial charge is 0.493 e. The smallest absolute Gasteiger partial charge is 0.267 e. The van der Waals surface area contributed by atoms with Gasteiger partial charge in [-0.3, -0.25) is 14.2 Å². The summed E-state index contributed by atoms with van der Waals surface area (Å²) in [5.74, 6) is 1.47. The van der Waals surface area contributed by atoms with Gasteiger partial charge < -0.3 is 14.8 Å². The van der Waals surface area contributed by atoms with E-state index in [1.807, 2.05) is 18.2 Å². The molecule has 1 amide bonds. The molecule has 1 atom stereocenters. The molecule has 0 saturated carbocycles. The first-order chi connectivity index (χ1) is 13.9. The number of hydrogen-bond acceptors (Lipinski definition) is 7. The van der Waals surface area contributed by atoms with Gasteiger partial charge in [0.1, 0.15) is 0 Å². The average Bonchev–Trinajstić information content (AvgIpc) is 3.09. The minimum Gasteiger partial charge on any atom is -0.493 e. The number of benzene rings is 1. The first-order valence-electron chi connectivity index (χ1n) is 9.30. The van der Waals surface area contributed by atoms with Crippen LogP contribution in [0.3, 0.4) is 0 Å². The normalized spacial score (nSPS) is 15.1. The number of hydrogen-bond donors (Lipinski definition) is 1. The highest BCUT2D eigenvalue weighted by Gasteiger charge is 2.25. The lowest BCUT2D eigenvalue weighted by Gasteiger charge is -2.11. The fourth-order valence-corrected chi connectivity index (χ4v) is 5.03. The van der Waals surface area contributed by atoms with Crippen molar-refractivity contribution in [3.63, 3.8) is 0 Å². The van der Waals surface area contributed by atoms with Crippen LogP contribution in [0.4, 0.5) is 0 Å². The van der Waals surface area contributed by atoms with Crippen LogP contribution in [-0.4, -0.2) is 47.2 Å². The first kappa shape index (κ1) is 21.6. The summed E-state index contributed by atoms with van der Waals surface area (Å²) < 4.78 is 12.1. The number of nitrogens with zero attached hydrogens (tertiary/aromatic N) is 2. The van der Waals surface area contributed by atoms with Crippen molar-refractivity contribution in [1.29, 1.82) is 0 Å². The Morgan fingerprint density at radius 1 is 1.34 bits per heavy atom. The molecule has 1 N–H and O–H groups in total. The molecular weight excluding hydrogens is 410 g/mol. The molecule has 29 heavy (non-hydrogen) atoms. The third-order valence-corrected chi connectivity index (χ3v) is 6.84. The topological polar surface area (TPSA) is 82.5 Å². The van der Waals surface area contributed by atoms with E-state index in [1.165, 1.54) is 16.3 Å². The van der Waals surface area contributed by atoms with Gasteiger partial charge >= 0.3 is 0 Å². The number of fused-ring (bicyclic) bond motifs is 1. The Morgan fingerprint density at radius 3 is 2.83 bits per heavy atom. The third-order valence-electron chi connectivity index (χ3n) is 4.59. The molecule has 2 heterocycles. The average molecular weight is 436 g/mol. The maximum absolute atomic E-state index is 12.5. The first-order valence-corrected chi connectivity index (χ1v) is 11.2. The van der Waals surface area contributed by atoms with Crippen LogP contribution in [0.25, 0.3) is 0 Å². The lowest BCUT2D eigenvalue weighted by atomic mass is 10.1. The monoisotopic (exact) mass is 435 g/mol. The third kappa shape index (κ3) is 5.08. The van der Waals surface area contributed by atoms with Crippen LogP contribution in [0.15, 0.2) is 33.0 Å². The molecule has 2 aromatic rings. The molecule has 0 bridgehead atoms. The molecule has 9 heteroatoms. The number of rotatable bonds is 8. The molecule has 3 rings (SSSR count). The highest BCUT2D eigenvalue weighted by molar-refractivity contribution is 8.00. The van der Waals surface area contributed by atoms with Crippen molar-refractivity contribution in [2.75, 3.05) is 26.5 Å². The molecule has 156 valence electrons. The van der Waals surface area contributed by atoms with Crippen LogP contribution in [0.2, 0.25) is 0 Å². The van der Waals surface area contributed by atoms with Crippen LogP contribution in [0.1, 0.15) is 18.2 Å². The second kappa shape index (κ2) is 9.58. The van der Waals surface area contributed by atoms with E-state index in [1.54, 1.807) is 33.0 Å². The van der Waals surface area contributed by atoms with Gasteiger partial charge in [-0.2, -0.15) is 0 Å². The van der Waals surface area contributed by atoms with Gasteiger partial charge in [0.05, 0.1) is 30.6 Å². The molecule has 1 aromatic heterocycles. The van der Waals surface area contributed by atoms with Crippen LogP contribution in [0, 0.1) is 0 Å². The van der Waals surface area contributed by atoms with E-state index in [2.05, 4.69) is 17.2 Å². The van der Waals surface area contributed by atoms with Gasteiger partial charge in [-0.25, -0.2) is 4.98 Å². The summed E-state index contributed by atoms with van der Waals surface area (Å²) in [6, 6.07) is 5.71. The van der Waals surface area contributed by atoms with E-state index in [-0.39, 0.29) is 17.2 Å². The number of thioether (sulfide) groups is 2. The Morgan fingerprint density at radius 2 is 2.10 bits per heavy atom. The van der Waals surface area contributed by atoms with Crippen LogP contribution in [-0.2, 0) is 24.7 Å². The van der Waals surface area contributed by atoms with E-state index in [0.29, 0.717) is 34.9 Å². The van der Waals surface area contributed by atoms with E-state index >= 15 is 0 Å². The van der Waals surface area contributed by atoms with Gasteiger partial charge in [0.2, 0.25) is 5.91 Å². The van der Waals surface area contributed by atoms with Gasteiger partial charge in [0.25, 0.3) is 5.56 Å². The van der Waals surface area contributed by atoms with Crippen LogP contribution in [0.5, 0.6) is 11.5 Å². The number of aromatic nitrogens is 2. The van der Waals surface area contributed by atoms with Gasteiger partial charge in [0.15, 0.2) is 16.7 Å². The molecule has 0 saturated heterocycles. The number of nitrogens with one attached hydrogen (secondary N) is 1. The van der Waals surface area contributed by atoms with E-state index in [9.17, 15) is 9.59 Å². The number of ether oxygens (including phenoxy) is 2. The highest BCUT2D eigenvalue weighted by atomic mass is 32.2. The summed E-state index contributed by atoms with van der Waals surface area (Å²) in [5, 5.41) is 3.86. The number of carbonyl (C=O) groups is 1. The van der Waals surface area contributed by atoms with Gasteiger partial charge in [-0.05, 0) is 24.1 Å². The van der Waals surface area contributed by atoms with Crippen LogP contribution < -0.4 is 20.3 Å². The zero-order valence-electron chi connectivity index (χ0n) is 17.0. The van der Waals surface area contributed by atoms with Gasteiger partial charge in [0, 0.05) is 25.3 Å². The van der Waals surface area contributed by atoms with E-state index in [4.69, 9.17) is 9.47 Å². The van der Waals surface area contributed by atoms with Crippen molar-refractivity contribution in [3.8, 4) is 11.5 Å². The summed E-state index contributed by atoms with van der Waals surface area (Å²) in [7, 11) is 4.90. The fourth-order valence-electron chi connectivity index (χ4n) is 3.07. The zero-order valence-corrected chi connectivity index (χ0v) is 18.6. The van der Waals surface area contributed by atoms with Crippen molar-refractivity contribution < 1.29 is 14.3 Å². The number of carbonyl (C=O) groups excluding carboxylic acids is 1. The number of methoxy groups -OCH3 is 2. The SMILES string of the molecule is COc1ccc(CCNC(=O)CSc2nc3c(c(=O)n2C)SC(C)C3)cc1OC. The molecule has 7 nitrogen and oxygen atoms in total. The predicted octanol–water partition coefficient (Wildman–Crippen LogP) is 2.29. The highest BCUT2D eigenvalue weighted by Crippen LogP contribution is 2.34. The van der Waals surface area contributed by atoms with Gasteiger partial charge in [-0.1, -0.05) is 24.8 Å². The van der Waals surface area contributed by atoms with Crippen molar-refractivity contribution in [3.05, 3.63) is 39.8 Å². The van der Waals surface area contributed by atoms with E-state index in [0.717, 1.165) is 22.6 Å². The van der Waals surface area contributed by atoms with Crippen molar-refractivity contribution in [2.45, 2.75) is 35.1 Å². The maximum Gasteiger partial charge on any atom is 0.267 e. The van der Waals surface area contributed by atoms with Gasteiger partial charge in [-0.15, -0.1) is 11.8 Å². The minimum absolute atomic E-state index is 0.0271. The molecular formula is C20H25N3O4S2. The van der Waals surface area contributed by atoms with Crippen molar-refractivity contribution >= 4 is 29.4 Å². The van der Waals surface area contributed by atoms with Crippen LogP contribution >= 0.6 is 23.5 Å². The standard InChI is InChI=1S/C20H25N3O4S2/c1-12-9-14-18(29-12)19(25)23(2)20(22-14)28-11-17(24)21-8-7-13-5-6-15(26-3)16(10-13)27-4/h5-6,10,12H,7-9,11H2,1-4H3,(H,21,24). The summed E-state index contributed by atoms with van der Waals surface area (Å²) in [4.78, 5) is 30.0. The quantitative estimate of drug-likeness (QED) is 0.503. The molecule has 1 unspecified atom stereocenters. The Labute approximate surface area is 178 Å². The zero-order chi connectivity index (χ0) is 21.0. The van der Waals surface area contributed by atoms with Crippen molar-refractivity contribution in [1.82, 2.24) is 14.9 Å². The molecule has 1 aromatic carbocycles. The Kier molecular flexibility index (Phi) is 7.13. The molecule has 0 spiro atoms. The van der Waals surface area contributed by atoms with Crippen molar-refractivity contribution in [2.24, 2.45) is 7.05 Å². The second-order valence-electron chi connectivity index (χ2n) is 6.74. The number of amides is 1. The lowest BCUT2D eigenvalue weighted by molar-refractivity contribution is -0.118. The molecule has 0 radical (unpaired) electrons. The lowest BCUT2D eigenvalue weighted by Crippen LogP contribution is -2.28. The molecule has 0 aliphatic carbocycles. The Balaban J connectivity index is 1.52.